The van der Waals surface area contributed by atoms with Gasteiger partial charge in [-0.1, -0.05) is 27.7 Å². The molecule has 0 radical (unpaired) electrons. The zero-order valence-corrected chi connectivity index (χ0v) is 13.9. The van der Waals surface area contributed by atoms with Crippen LogP contribution in [0.1, 0.15) is 33.4 Å². The number of aryl methyl sites for hydroxylation is 1. The summed E-state index contributed by atoms with van der Waals surface area (Å²) in [7, 11) is -1.55. The number of nitrogens with zero attached hydrogens (tertiary/aromatic N) is 1. The second-order valence-corrected chi connectivity index (χ2v) is 7.40. The van der Waals surface area contributed by atoms with Crippen molar-refractivity contribution in [3.63, 3.8) is 0 Å². The minimum absolute atomic E-state index is 0.315. The molecule has 1 aromatic heterocycles. The molecule has 0 aliphatic rings. The monoisotopic (exact) mass is 301 g/mol. The van der Waals surface area contributed by atoms with E-state index in [-0.39, 0.29) is 0 Å². The van der Waals surface area contributed by atoms with E-state index < -0.39 is 10.0 Å². The Kier molecular flexibility index (Phi) is 6.23. The van der Waals surface area contributed by atoms with Crippen LogP contribution in [0.4, 0.5) is 0 Å². The average molecular weight is 301 g/mol. The number of sulfonamides is 1. The SMILES string of the molecule is CCNCc1cc(S(=O)(=O)NCC(C)C(C)C)cn1C. The van der Waals surface area contributed by atoms with Gasteiger partial charge < -0.3 is 9.88 Å². The third-order valence-electron chi connectivity index (χ3n) is 3.68. The van der Waals surface area contributed by atoms with Gasteiger partial charge in [-0.3, -0.25) is 0 Å². The highest BCUT2D eigenvalue weighted by Crippen LogP contribution is 2.15. The summed E-state index contributed by atoms with van der Waals surface area (Å²) in [6.45, 7) is 10.3. The summed E-state index contributed by atoms with van der Waals surface area (Å²) >= 11 is 0. The molecule has 0 fully saturated rings. The fraction of sp³-hybridized carbons (Fsp3) is 0.714. The summed E-state index contributed by atoms with van der Waals surface area (Å²) in [6, 6.07) is 1.73. The van der Waals surface area contributed by atoms with Crippen molar-refractivity contribution in [1.29, 1.82) is 0 Å². The van der Waals surface area contributed by atoms with Crippen LogP contribution in [0.15, 0.2) is 17.2 Å². The van der Waals surface area contributed by atoms with Crippen molar-refractivity contribution in [2.24, 2.45) is 18.9 Å². The predicted molar refractivity (Wildman–Crippen MR) is 82.0 cm³/mol. The maximum atomic E-state index is 12.3. The minimum Gasteiger partial charge on any atom is -0.352 e. The highest BCUT2D eigenvalue weighted by atomic mass is 32.2. The Morgan fingerprint density at radius 3 is 2.50 bits per heavy atom. The lowest BCUT2D eigenvalue weighted by Gasteiger charge is -2.15. The van der Waals surface area contributed by atoms with Crippen molar-refractivity contribution >= 4 is 10.0 Å². The Hall–Kier alpha value is -0.850. The van der Waals surface area contributed by atoms with Crippen LogP contribution in [0.25, 0.3) is 0 Å². The predicted octanol–water partition coefficient (Wildman–Crippen LogP) is 1.70. The molecule has 1 rings (SSSR count). The Balaban J connectivity index is 2.77. The van der Waals surface area contributed by atoms with Gasteiger partial charge in [-0.15, -0.1) is 0 Å². The number of aromatic nitrogens is 1. The second-order valence-electron chi connectivity index (χ2n) is 5.63. The van der Waals surface area contributed by atoms with Crippen LogP contribution in [-0.2, 0) is 23.6 Å². The van der Waals surface area contributed by atoms with Gasteiger partial charge in [0.15, 0.2) is 0 Å². The molecule has 0 saturated heterocycles. The summed E-state index contributed by atoms with van der Waals surface area (Å²) < 4.78 is 29.0. The van der Waals surface area contributed by atoms with Crippen LogP contribution in [0, 0.1) is 11.8 Å². The summed E-state index contributed by atoms with van der Waals surface area (Å²) in [4.78, 5) is 0.337. The summed E-state index contributed by atoms with van der Waals surface area (Å²) in [5.74, 6) is 0.771. The molecule has 20 heavy (non-hydrogen) atoms. The Morgan fingerprint density at radius 2 is 1.95 bits per heavy atom. The molecule has 0 aliphatic carbocycles. The van der Waals surface area contributed by atoms with Crippen molar-refractivity contribution < 1.29 is 8.42 Å². The highest BCUT2D eigenvalue weighted by Gasteiger charge is 2.19. The van der Waals surface area contributed by atoms with Gasteiger partial charge in [0.25, 0.3) is 0 Å². The summed E-state index contributed by atoms with van der Waals surface area (Å²) in [6.07, 6.45) is 1.66. The Labute approximate surface area is 122 Å². The molecule has 0 amide bonds. The molecule has 0 aromatic carbocycles. The van der Waals surface area contributed by atoms with Gasteiger partial charge in [0.2, 0.25) is 10.0 Å². The molecule has 0 saturated carbocycles. The van der Waals surface area contributed by atoms with Gasteiger partial charge in [-0.05, 0) is 24.4 Å². The lowest BCUT2D eigenvalue weighted by molar-refractivity contribution is 0.414. The molecule has 5 nitrogen and oxygen atoms in total. The van der Waals surface area contributed by atoms with Crippen molar-refractivity contribution in [3.8, 4) is 0 Å². The minimum atomic E-state index is -3.41. The molecule has 1 unspecified atom stereocenters. The molecule has 1 heterocycles. The van der Waals surface area contributed by atoms with Gasteiger partial charge in [0.05, 0.1) is 4.90 Å². The van der Waals surface area contributed by atoms with Crippen molar-refractivity contribution in [2.45, 2.75) is 39.1 Å². The molecule has 6 heteroatoms. The molecule has 1 aromatic rings. The molecule has 116 valence electrons. The van der Waals surface area contributed by atoms with E-state index in [1.165, 1.54) is 0 Å². The quantitative estimate of drug-likeness (QED) is 0.768. The zero-order valence-electron chi connectivity index (χ0n) is 13.1. The van der Waals surface area contributed by atoms with E-state index in [1.807, 2.05) is 18.5 Å². The van der Waals surface area contributed by atoms with Gasteiger partial charge in [0.1, 0.15) is 0 Å². The molecular weight excluding hydrogens is 274 g/mol. The van der Waals surface area contributed by atoms with Crippen LogP contribution in [0.3, 0.4) is 0 Å². The largest absolute Gasteiger partial charge is 0.352 e. The smallest absolute Gasteiger partial charge is 0.242 e. The standard InChI is InChI=1S/C14H27N3O2S/c1-6-15-9-13-7-14(10-17(13)5)20(18,19)16-8-12(4)11(2)3/h7,10-12,15-16H,6,8-9H2,1-5H3. The summed E-state index contributed by atoms with van der Waals surface area (Å²) in [5, 5.41) is 3.20. The number of nitrogens with one attached hydrogen (secondary N) is 2. The first-order valence-electron chi connectivity index (χ1n) is 7.13. The van der Waals surface area contributed by atoms with Gasteiger partial charge in [-0.25, -0.2) is 13.1 Å². The fourth-order valence-corrected chi connectivity index (χ4v) is 2.95. The van der Waals surface area contributed by atoms with Crippen LogP contribution in [0.2, 0.25) is 0 Å². The summed E-state index contributed by atoms with van der Waals surface area (Å²) in [5.41, 5.74) is 0.962. The van der Waals surface area contributed by atoms with E-state index in [0.29, 0.717) is 29.8 Å². The number of hydrogen-bond donors (Lipinski definition) is 2. The van der Waals surface area contributed by atoms with E-state index in [2.05, 4.69) is 30.8 Å². The van der Waals surface area contributed by atoms with Crippen LogP contribution in [0.5, 0.6) is 0 Å². The van der Waals surface area contributed by atoms with Gasteiger partial charge >= 0.3 is 0 Å². The third-order valence-corrected chi connectivity index (χ3v) is 5.07. The van der Waals surface area contributed by atoms with E-state index in [4.69, 9.17) is 0 Å². The second kappa shape index (κ2) is 7.24. The topological polar surface area (TPSA) is 63.1 Å². The van der Waals surface area contributed by atoms with Crippen molar-refractivity contribution in [1.82, 2.24) is 14.6 Å². The Bertz CT molecular complexity index is 521. The molecule has 0 spiro atoms. The highest BCUT2D eigenvalue weighted by molar-refractivity contribution is 7.89. The van der Waals surface area contributed by atoms with Crippen LogP contribution < -0.4 is 10.0 Å². The molecule has 0 aliphatic heterocycles. The van der Waals surface area contributed by atoms with E-state index in [9.17, 15) is 8.42 Å². The number of hydrogen-bond acceptors (Lipinski definition) is 3. The van der Waals surface area contributed by atoms with Gasteiger partial charge in [-0.2, -0.15) is 0 Å². The van der Waals surface area contributed by atoms with Crippen LogP contribution in [-0.4, -0.2) is 26.1 Å². The average Bonchev–Trinajstić information content (AvgIpc) is 2.75. The lowest BCUT2D eigenvalue weighted by Crippen LogP contribution is -2.30. The first-order chi connectivity index (χ1) is 9.27. The Morgan fingerprint density at radius 1 is 1.30 bits per heavy atom. The maximum absolute atomic E-state index is 12.3. The first-order valence-corrected chi connectivity index (χ1v) is 8.61. The fourth-order valence-electron chi connectivity index (χ4n) is 1.71. The van der Waals surface area contributed by atoms with E-state index >= 15 is 0 Å². The molecule has 1 atom stereocenters. The first kappa shape index (κ1) is 17.2. The zero-order chi connectivity index (χ0) is 15.3. The van der Waals surface area contributed by atoms with Crippen molar-refractivity contribution in [2.75, 3.05) is 13.1 Å². The van der Waals surface area contributed by atoms with E-state index in [1.54, 1.807) is 12.3 Å². The van der Waals surface area contributed by atoms with E-state index in [0.717, 1.165) is 12.2 Å². The molecular formula is C14H27N3O2S. The maximum Gasteiger partial charge on any atom is 0.242 e. The molecule has 2 N–H and O–H groups in total. The van der Waals surface area contributed by atoms with Crippen LogP contribution >= 0.6 is 0 Å². The lowest BCUT2D eigenvalue weighted by atomic mass is 9.99. The van der Waals surface area contributed by atoms with Crippen molar-refractivity contribution in [3.05, 3.63) is 18.0 Å². The molecule has 0 bridgehead atoms. The number of rotatable bonds is 8. The van der Waals surface area contributed by atoms with Gasteiger partial charge in [0, 0.05) is 32.0 Å². The normalized spacial score (nSPS) is 13.9. The third kappa shape index (κ3) is 4.61.